The van der Waals surface area contributed by atoms with E-state index in [0.29, 0.717) is 56.6 Å². The topological polar surface area (TPSA) is 92.7 Å². The first-order chi connectivity index (χ1) is 11.9. The molecule has 0 bridgehead atoms. The highest BCUT2D eigenvalue weighted by Gasteiger charge is 2.33. The molecule has 1 unspecified atom stereocenters. The lowest BCUT2D eigenvalue weighted by Crippen LogP contribution is -2.42. The number of amides is 1. The first kappa shape index (κ1) is 18.1. The van der Waals surface area contributed by atoms with Gasteiger partial charge in [0.15, 0.2) is 9.84 Å². The van der Waals surface area contributed by atoms with Crippen LogP contribution in [-0.4, -0.2) is 79.6 Å². The van der Waals surface area contributed by atoms with Gasteiger partial charge in [-0.2, -0.15) is 0 Å². The number of carbonyl (C=O) groups excluding carboxylic acids is 1. The fourth-order valence-corrected chi connectivity index (χ4v) is 5.03. The van der Waals surface area contributed by atoms with E-state index < -0.39 is 9.84 Å². The number of carbonyl (C=O) groups is 1. The summed E-state index contributed by atoms with van der Waals surface area (Å²) in [5.41, 5.74) is 1.05. The lowest BCUT2D eigenvalue weighted by Gasteiger charge is -2.29. The molecule has 3 rings (SSSR count). The van der Waals surface area contributed by atoms with Gasteiger partial charge < -0.3 is 14.5 Å². The molecule has 25 heavy (non-hydrogen) atoms. The maximum atomic E-state index is 12.7. The van der Waals surface area contributed by atoms with Crippen LogP contribution in [0.5, 0.6) is 0 Å². The van der Waals surface area contributed by atoms with Crippen molar-refractivity contribution in [3.05, 3.63) is 17.5 Å². The lowest BCUT2D eigenvalue weighted by atomic mass is 10.2. The van der Waals surface area contributed by atoms with Crippen LogP contribution in [0.2, 0.25) is 0 Å². The van der Waals surface area contributed by atoms with Crippen LogP contribution in [0.15, 0.2) is 6.07 Å². The van der Waals surface area contributed by atoms with Crippen LogP contribution in [0.4, 0.5) is 5.95 Å². The molecule has 8 nitrogen and oxygen atoms in total. The quantitative estimate of drug-likeness (QED) is 0.753. The van der Waals surface area contributed by atoms with Crippen molar-refractivity contribution < 1.29 is 17.9 Å². The van der Waals surface area contributed by atoms with Crippen molar-refractivity contribution in [1.29, 1.82) is 0 Å². The van der Waals surface area contributed by atoms with E-state index in [1.54, 1.807) is 11.0 Å². The van der Waals surface area contributed by atoms with Crippen LogP contribution in [0, 0.1) is 6.92 Å². The van der Waals surface area contributed by atoms with Gasteiger partial charge in [-0.3, -0.25) is 4.79 Å². The van der Waals surface area contributed by atoms with Gasteiger partial charge in [0.05, 0.1) is 24.7 Å². The Balaban J connectivity index is 1.86. The van der Waals surface area contributed by atoms with E-state index in [2.05, 4.69) is 9.97 Å². The first-order valence-corrected chi connectivity index (χ1v) is 10.4. The van der Waals surface area contributed by atoms with Crippen LogP contribution in [0.3, 0.4) is 0 Å². The van der Waals surface area contributed by atoms with Gasteiger partial charge >= 0.3 is 0 Å². The maximum Gasteiger partial charge on any atom is 0.272 e. The highest BCUT2D eigenvalue weighted by molar-refractivity contribution is 7.91. The van der Waals surface area contributed by atoms with Crippen molar-refractivity contribution in [3.63, 3.8) is 0 Å². The molecule has 0 radical (unpaired) electrons. The monoisotopic (exact) mass is 368 g/mol. The zero-order valence-corrected chi connectivity index (χ0v) is 15.5. The van der Waals surface area contributed by atoms with Gasteiger partial charge in [-0.25, -0.2) is 18.4 Å². The molecule has 1 aromatic rings. The lowest BCUT2D eigenvalue weighted by molar-refractivity contribution is 0.0299. The van der Waals surface area contributed by atoms with Crippen molar-refractivity contribution in [2.45, 2.75) is 26.3 Å². The number of sulfone groups is 1. The SMILES string of the molecule is CCN(c1nc(C)cc(C(=O)N2CCOCC2)n1)C1CCS(=O)(=O)C1. The van der Waals surface area contributed by atoms with Crippen molar-refractivity contribution in [3.8, 4) is 0 Å². The number of rotatable bonds is 4. The van der Waals surface area contributed by atoms with Gasteiger partial charge in [0.1, 0.15) is 5.69 Å². The number of hydrogen-bond donors (Lipinski definition) is 0. The summed E-state index contributed by atoms with van der Waals surface area (Å²) in [6.45, 7) is 6.52. The molecule has 0 aromatic carbocycles. The Morgan fingerprint density at radius 3 is 2.68 bits per heavy atom. The van der Waals surface area contributed by atoms with E-state index >= 15 is 0 Å². The zero-order chi connectivity index (χ0) is 18.0. The minimum Gasteiger partial charge on any atom is -0.378 e. The highest BCUT2D eigenvalue weighted by atomic mass is 32.2. The molecule has 0 saturated carbocycles. The Bertz CT molecular complexity index is 747. The Morgan fingerprint density at radius 1 is 1.36 bits per heavy atom. The number of morpholine rings is 1. The molecule has 3 heterocycles. The number of nitrogens with zero attached hydrogens (tertiary/aromatic N) is 4. The fraction of sp³-hybridized carbons (Fsp3) is 0.688. The Labute approximate surface area is 148 Å². The van der Waals surface area contributed by atoms with Crippen molar-refractivity contribution in [2.24, 2.45) is 0 Å². The fourth-order valence-electron chi connectivity index (χ4n) is 3.30. The summed E-state index contributed by atoms with van der Waals surface area (Å²) in [7, 11) is -3.00. The number of aromatic nitrogens is 2. The minimum absolute atomic E-state index is 0.116. The second kappa shape index (κ2) is 7.25. The molecule has 1 aromatic heterocycles. The highest BCUT2D eigenvalue weighted by Crippen LogP contribution is 2.22. The summed E-state index contributed by atoms with van der Waals surface area (Å²) in [6, 6.07) is 1.55. The third-order valence-corrected chi connectivity index (χ3v) is 6.36. The minimum atomic E-state index is -3.00. The summed E-state index contributed by atoms with van der Waals surface area (Å²) in [5, 5.41) is 0. The summed E-state index contributed by atoms with van der Waals surface area (Å²) in [5.74, 6) is 0.608. The van der Waals surface area contributed by atoms with Gasteiger partial charge in [0.2, 0.25) is 5.95 Å². The van der Waals surface area contributed by atoms with Crippen molar-refractivity contribution in [2.75, 3.05) is 49.3 Å². The van der Waals surface area contributed by atoms with Gasteiger partial charge in [0, 0.05) is 31.4 Å². The molecule has 2 aliphatic rings. The zero-order valence-electron chi connectivity index (χ0n) is 14.6. The summed E-state index contributed by atoms with van der Waals surface area (Å²) < 4.78 is 28.9. The van der Waals surface area contributed by atoms with E-state index in [1.165, 1.54) is 0 Å². The van der Waals surface area contributed by atoms with Crippen LogP contribution in [0.1, 0.15) is 29.5 Å². The standard InChI is InChI=1S/C16H24N4O4S/c1-3-20(13-4-9-25(22,23)11-13)16-17-12(2)10-14(18-16)15(21)19-5-7-24-8-6-19/h10,13H,3-9,11H2,1-2H3. The number of hydrogen-bond acceptors (Lipinski definition) is 7. The normalized spacial score (nSPS) is 22.8. The predicted octanol–water partition coefficient (Wildman–Crippen LogP) is 0.271. The maximum absolute atomic E-state index is 12.7. The van der Waals surface area contributed by atoms with Gasteiger partial charge in [0.25, 0.3) is 5.91 Å². The van der Waals surface area contributed by atoms with Crippen LogP contribution in [0.25, 0.3) is 0 Å². The molecule has 0 spiro atoms. The van der Waals surface area contributed by atoms with Crippen molar-refractivity contribution >= 4 is 21.7 Å². The number of anilines is 1. The molecule has 1 amide bonds. The number of aryl methyl sites for hydroxylation is 1. The second-order valence-corrected chi connectivity index (χ2v) is 8.67. The average molecular weight is 368 g/mol. The molecule has 2 saturated heterocycles. The summed E-state index contributed by atoms with van der Waals surface area (Å²) in [6.07, 6.45) is 0.570. The van der Waals surface area contributed by atoms with E-state index in [1.807, 2.05) is 18.7 Å². The second-order valence-electron chi connectivity index (χ2n) is 6.44. The smallest absolute Gasteiger partial charge is 0.272 e. The van der Waals surface area contributed by atoms with Gasteiger partial charge in [-0.1, -0.05) is 0 Å². The predicted molar refractivity (Wildman–Crippen MR) is 93.6 cm³/mol. The largest absolute Gasteiger partial charge is 0.378 e. The molecule has 2 aliphatic heterocycles. The van der Waals surface area contributed by atoms with Crippen LogP contribution in [-0.2, 0) is 14.6 Å². The first-order valence-electron chi connectivity index (χ1n) is 8.59. The molecular formula is C16H24N4O4S. The van der Waals surface area contributed by atoms with Crippen LogP contribution < -0.4 is 4.90 Å². The average Bonchev–Trinajstić information content (AvgIpc) is 2.95. The Kier molecular flexibility index (Phi) is 5.24. The van der Waals surface area contributed by atoms with E-state index in [4.69, 9.17) is 4.74 Å². The Morgan fingerprint density at radius 2 is 2.08 bits per heavy atom. The molecule has 0 N–H and O–H groups in total. The molecule has 0 aliphatic carbocycles. The molecule has 1 atom stereocenters. The molecule has 138 valence electrons. The molecule has 2 fully saturated rings. The Hall–Kier alpha value is -1.74. The summed E-state index contributed by atoms with van der Waals surface area (Å²) >= 11 is 0. The van der Waals surface area contributed by atoms with E-state index in [-0.39, 0.29) is 23.5 Å². The summed E-state index contributed by atoms with van der Waals surface area (Å²) in [4.78, 5) is 25.2. The van der Waals surface area contributed by atoms with Gasteiger partial charge in [-0.05, 0) is 26.3 Å². The van der Waals surface area contributed by atoms with Crippen molar-refractivity contribution in [1.82, 2.24) is 14.9 Å². The third kappa shape index (κ3) is 4.09. The van der Waals surface area contributed by atoms with Gasteiger partial charge in [-0.15, -0.1) is 0 Å². The van der Waals surface area contributed by atoms with Crippen LogP contribution >= 0.6 is 0 Å². The number of ether oxygens (including phenoxy) is 1. The third-order valence-electron chi connectivity index (χ3n) is 4.61. The molecular weight excluding hydrogens is 344 g/mol. The molecule has 9 heteroatoms. The van der Waals surface area contributed by atoms with E-state index in [9.17, 15) is 13.2 Å². The van der Waals surface area contributed by atoms with E-state index in [0.717, 1.165) is 0 Å².